The molecule has 1 aliphatic rings. The van der Waals surface area contributed by atoms with Gasteiger partial charge in [-0.1, -0.05) is 19.9 Å². The van der Waals surface area contributed by atoms with Gasteiger partial charge in [-0.25, -0.2) is 4.39 Å². The van der Waals surface area contributed by atoms with Crippen LogP contribution < -0.4 is 10.5 Å². The Morgan fingerprint density at radius 1 is 1.41 bits per heavy atom. The molecule has 0 spiro atoms. The van der Waals surface area contributed by atoms with Gasteiger partial charge in [-0.3, -0.25) is 0 Å². The summed E-state index contributed by atoms with van der Waals surface area (Å²) in [4.78, 5) is 0. The van der Waals surface area contributed by atoms with Crippen LogP contribution in [0.2, 0.25) is 0 Å². The summed E-state index contributed by atoms with van der Waals surface area (Å²) in [5.74, 6) is 0.321. The average Bonchev–Trinajstić information content (AvgIpc) is 2.98. The summed E-state index contributed by atoms with van der Waals surface area (Å²) in [6.45, 7) is 4.93. The van der Waals surface area contributed by atoms with Gasteiger partial charge in [0.15, 0.2) is 0 Å². The van der Waals surface area contributed by atoms with Crippen LogP contribution in [-0.4, -0.2) is 12.1 Å². The van der Waals surface area contributed by atoms with Crippen molar-refractivity contribution in [2.75, 3.05) is 6.61 Å². The molecule has 1 aromatic rings. The molecule has 2 N–H and O–H groups in total. The van der Waals surface area contributed by atoms with E-state index < -0.39 is 0 Å². The molecule has 2 nitrogen and oxygen atoms in total. The normalized spacial score (nSPS) is 17.9. The highest BCUT2D eigenvalue weighted by Gasteiger charge is 2.50. The molecule has 94 valence electrons. The number of benzene rings is 1. The predicted octanol–water partition coefficient (Wildman–Crippen LogP) is 3.11. The van der Waals surface area contributed by atoms with Crippen molar-refractivity contribution >= 4 is 0 Å². The van der Waals surface area contributed by atoms with Gasteiger partial charge in [0.05, 0.1) is 6.61 Å². The molecule has 2 rings (SSSR count). The molecule has 1 saturated carbocycles. The van der Waals surface area contributed by atoms with Crippen molar-refractivity contribution < 1.29 is 9.13 Å². The molecule has 0 unspecified atom stereocenters. The molecule has 0 aromatic heterocycles. The highest BCUT2D eigenvalue weighted by Crippen LogP contribution is 2.49. The number of nitrogens with two attached hydrogens (primary N) is 1. The van der Waals surface area contributed by atoms with Crippen LogP contribution in [0.1, 0.15) is 33.1 Å². The zero-order chi connectivity index (χ0) is 12.5. The summed E-state index contributed by atoms with van der Waals surface area (Å²) in [7, 11) is 0. The minimum absolute atomic E-state index is 0.0156. The molecule has 0 radical (unpaired) electrons. The maximum atomic E-state index is 12.9. The second kappa shape index (κ2) is 4.30. The smallest absolute Gasteiger partial charge is 0.126 e. The van der Waals surface area contributed by atoms with E-state index >= 15 is 0 Å². The van der Waals surface area contributed by atoms with E-state index in [0.29, 0.717) is 12.4 Å². The lowest BCUT2D eigenvalue weighted by Gasteiger charge is -2.31. The van der Waals surface area contributed by atoms with E-state index in [1.165, 1.54) is 12.1 Å². The first-order valence-electron chi connectivity index (χ1n) is 6.10. The monoisotopic (exact) mass is 237 g/mol. The highest BCUT2D eigenvalue weighted by atomic mass is 19.1. The van der Waals surface area contributed by atoms with Gasteiger partial charge in [0.25, 0.3) is 0 Å². The lowest BCUT2D eigenvalue weighted by atomic mass is 9.79. The Bertz CT molecular complexity index is 399. The third-order valence-corrected chi connectivity index (χ3v) is 3.93. The first-order chi connectivity index (χ1) is 7.93. The molecule has 0 heterocycles. The fraction of sp³-hybridized carbons (Fsp3) is 0.571. The second-order valence-electron chi connectivity index (χ2n) is 5.60. The molecular weight excluding hydrogens is 217 g/mol. The third kappa shape index (κ3) is 2.78. The zero-order valence-electron chi connectivity index (χ0n) is 10.5. The Balaban J connectivity index is 1.83. The van der Waals surface area contributed by atoms with E-state index in [2.05, 4.69) is 13.8 Å². The highest BCUT2D eigenvalue weighted by molar-refractivity contribution is 5.22. The third-order valence-electron chi connectivity index (χ3n) is 3.93. The molecule has 0 bridgehead atoms. The van der Waals surface area contributed by atoms with Gasteiger partial charge in [-0.2, -0.15) is 0 Å². The van der Waals surface area contributed by atoms with E-state index in [4.69, 9.17) is 10.5 Å². The fourth-order valence-electron chi connectivity index (χ4n) is 2.04. The van der Waals surface area contributed by atoms with Gasteiger partial charge in [0.2, 0.25) is 0 Å². The van der Waals surface area contributed by atoms with E-state index in [9.17, 15) is 4.39 Å². The van der Waals surface area contributed by atoms with E-state index in [0.717, 1.165) is 19.3 Å². The Hall–Kier alpha value is -1.09. The molecule has 1 aromatic carbocycles. The Labute approximate surface area is 102 Å². The van der Waals surface area contributed by atoms with Crippen LogP contribution in [0.25, 0.3) is 0 Å². The van der Waals surface area contributed by atoms with Crippen molar-refractivity contribution in [3.05, 3.63) is 30.1 Å². The SMILES string of the molecule is CC(C)(CCOc1cccc(F)c1)C1(N)CC1. The first kappa shape index (κ1) is 12.4. The van der Waals surface area contributed by atoms with Crippen molar-refractivity contribution in [1.82, 2.24) is 0 Å². The molecule has 0 saturated heterocycles. The fourth-order valence-corrected chi connectivity index (χ4v) is 2.04. The summed E-state index contributed by atoms with van der Waals surface area (Å²) in [6.07, 6.45) is 3.08. The van der Waals surface area contributed by atoms with Gasteiger partial charge in [0, 0.05) is 11.6 Å². The number of halogens is 1. The summed E-state index contributed by atoms with van der Waals surface area (Å²) in [5.41, 5.74) is 6.28. The number of hydrogen-bond acceptors (Lipinski definition) is 2. The molecule has 0 amide bonds. The van der Waals surface area contributed by atoms with Crippen LogP contribution in [-0.2, 0) is 0 Å². The summed E-state index contributed by atoms with van der Waals surface area (Å²) < 4.78 is 18.5. The number of hydrogen-bond donors (Lipinski definition) is 1. The quantitative estimate of drug-likeness (QED) is 0.854. The average molecular weight is 237 g/mol. The van der Waals surface area contributed by atoms with Crippen LogP contribution in [0.3, 0.4) is 0 Å². The molecule has 3 heteroatoms. The van der Waals surface area contributed by atoms with E-state index in [-0.39, 0.29) is 16.8 Å². The minimum atomic E-state index is -0.265. The van der Waals surface area contributed by atoms with Gasteiger partial charge < -0.3 is 10.5 Å². The van der Waals surface area contributed by atoms with E-state index in [1.807, 2.05) is 0 Å². The van der Waals surface area contributed by atoms with Crippen molar-refractivity contribution in [2.45, 2.75) is 38.6 Å². The summed E-state index contributed by atoms with van der Waals surface area (Å²) in [5, 5.41) is 0. The molecule has 0 aliphatic heterocycles. The largest absolute Gasteiger partial charge is 0.493 e. The van der Waals surface area contributed by atoms with Gasteiger partial charge in [-0.15, -0.1) is 0 Å². The lowest BCUT2D eigenvalue weighted by molar-refractivity contribution is 0.185. The Kier molecular flexibility index (Phi) is 3.13. The van der Waals surface area contributed by atoms with Gasteiger partial charge in [-0.05, 0) is 36.8 Å². The standard InChI is InChI=1S/C14H20FNO/c1-13(2,14(16)6-7-14)8-9-17-12-5-3-4-11(15)10-12/h3-5,10H,6-9,16H2,1-2H3. The lowest BCUT2D eigenvalue weighted by Crippen LogP contribution is -2.40. The number of rotatable bonds is 5. The van der Waals surface area contributed by atoms with Crippen molar-refractivity contribution in [2.24, 2.45) is 11.1 Å². The van der Waals surface area contributed by atoms with Crippen LogP contribution in [0, 0.1) is 11.2 Å². The molecular formula is C14H20FNO. The maximum absolute atomic E-state index is 12.9. The predicted molar refractivity (Wildman–Crippen MR) is 66.4 cm³/mol. The van der Waals surface area contributed by atoms with Crippen molar-refractivity contribution in [3.8, 4) is 5.75 Å². The minimum Gasteiger partial charge on any atom is -0.493 e. The van der Waals surface area contributed by atoms with Crippen LogP contribution in [0.5, 0.6) is 5.75 Å². The van der Waals surface area contributed by atoms with Crippen molar-refractivity contribution in [1.29, 1.82) is 0 Å². The maximum Gasteiger partial charge on any atom is 0.126 e. The molecule has 1 aliphatic carbocycles. The van der Waals surface area contributed by atoms with Crippen molar-refractivity contribution in [3.63, 3.8) is 0 Å². The van der Waals surface area contributed by atoms with Gasteiger partial charge in [0.1, 0.15) is 11.6 Å². The van der Waals surface area contributed by atoms with Gasteiger partial charge >= 0.3 is 0 Å². The van der Waals surface area contributed by atoms with Crippen LogP contribution >= 0.6 is 0 Å². The molecule has 0 atom stereocenters. The topological polar surface area (TPSA) is 35.2 Å². The Morgan fingerprint density at radius 2 is 2.12 bits per heavy atom. The first-order valence-corrected chi connectivity index (χ1v) is 6.10. The van der Waals surface area contributed by atoms with Crippen LogP contribution in [0.15, 0.2) is 24.3 Å². The number of ether oxygens (including phenoxy) is 1. The van der Waals surface area contributed by atoms with E-state index in [1.54, 1.807) is 12.1 Å². The second-order valence-corrected chi connectivity index (χ2v) is 5.60. The Morgan fingerprint density at radius 3 is 2.71 bits per heavy atom. The molecule has 1 fully saturated rings. The van der Waals surface area contributed by atoms with Crippen LogP contribution in [0.4, 0.5) is 4.39 Å². The molecule has 17 heavy (non-hydrogen) atoms. The zero-order valence-corrected chi connectivity index (χ0v) is 10.5. The summed E-state index contributed by atoms with van der Waals surface area (Å²) >= 11 is 0. The summed E-state index contributed by atoms with van der Waals surface area (Å²) in [6, 6.07) is 6.24.